The van der Waals surface area contributed by atoms with Gasteiger partial charge in [0.05, 0.1) is 16.5 Å². The van der Waals surface area contributed by atoms with Gasteiger partial charge in [0.25, 0.3) is 0 Å². The molecule has 1 heterocycles. The summed E-state index contributed by atoms with van der Waals surface area (Å²) in [5.74, 6) is 0.752. The molecule has 0 aliphatic carbocycles. The van der Waals surface area contributed by atoms with E-state index in [9.17, 15) is 8.42 Å². The summed E-state index contributed by atoms with van der Waals surface area (Å²) in [6, 6.07) is 0. The minimum Gasteiger partial charge on any atom is -0.393 e. The van der Waals surface area contributed by atoms with Gasteiger partial charge in [-0.25, -0.2) is 8.42 Å². The van der Waals surface area contributed by atoms with Crippen molar-refractivity contribution in [3.8, 4) is 0 Å². The summed E-state index contributed by atoms with van der Waals surface area (Å²) in [6.45, 7) is 0. The first-order valence-electron chi connectivity index (χ1n) is 3.48. The molecule has 1 fully saturated rings. The first kappa shape index (κ1) is 8.93. The first-order valence-corrected chi connectivity index (χ1v) is 5.71. The zero-order valence-corrected chi connectivity index (χ0v) is 7.75. The van der Waals surface area contributed by atoms with Crippen LogP contribution in [0, 0.1) is 5.92 Å². The molecule has 0 aromatic heterocycles. The third-order valence-corrected chi connectivity index (χ3v) is 3.82. The van der Waals surface area contributed by atoms with E-state index in [0.29, 0.717) is 17.2 Å². The van der Waals surface area contributed by atoms with Crippen LogP contribution < -0.4 is 5.73 Å². The highest BCUT2D eigenvalue weighted by atomic mass is 32.2. The molecule has 0 amide bonds. The van der Waals surface area contributed by atoms with Crippen LogP contribution in [0.3, 0.4) is 0 Å². The van der Waals surface area contributed by atoms with E-state index in [1.54, 1.807) is 0 Å². The predicted molar refractivity (Wildman–Crippen MR) is 48.2 cm³/mol. The molecule has 3 nitrogen and oxygen atoms in total. The van der Waals surface area contributed by atoms with Crippen LogP contribution in [0.4, 0.5) is 0 Å². The highest BCUT2D eigenvalue weighted by molar-refractivity contribution is 7.91. The van der Waals surface area contributed by atoms with Gasteiger partial charge in [-0.15, -0.1) is 0 Å². The lowest BCUT2D eigenvalue weighted by molar-refractivity contribution is 0.595. The Morgan fingerprint density at radius 1 is 1.64 bits per heavy atom. The molecule has 0 radical (unpaired) electrons. The molecule has 0 bridgehead atoms. The van der Waals surface area contributed by atoms with Crippen LogP contribution in [0.25, 0.3) is 0 Å². The van der Waals surface area contributed by atoms with Gasteiger partial charge in [-0.1, -0.05) is 12.2 Å². The molecule has 5 heteroatoms. The summed E-state index contributed by atoms with van der Waals surface area (Å²) in [5, 5.41) is 0. The summed E-state index contributed by atoms with van der Waals surface area (Å²) in [4.78, 5) is 0.423. The molecule has 0 spiro atoms. The number of thiocarbonyl (C=S) groups is 1. The van der Waals surface area contributed by atoms with Crippen LogP contribution in [-0.4, -0.2) is 24.9 Å². The van der Waals surface area contributed by atoms with Crippen LogP contribution >= 0.6 is 12.2 Å². The minimum absolute atomic E-state index is 0.178. The Morgan fingerprint density at radius 3 is 2.64 bits per heavy atom. The van der Waals surface area contributed by atoms with Gasteiger partial charge in [-0.3, -0.25) is 0 Å². The number of nitrogens with two attached hydrogens (primary N) is 1. The Morgan fingerprint density at radius 2 is 2.27 bits per heavy atom. The van der Waals surface area contributed by atoms with Gasteiger partial charge in [-0.2, -0.15) is 0 Å². The quantitative estimate of drug-likeness (QED) is 0.632. The number of hydrogen-bond acceptors (Lipinski definition) is 3. The average molecular weight is 193 g/mol. The highest BCUT2D eigenvalue weighted by Gasteiger charge is 2.27. The summed E-state index contributed by atoms with van der Waals surface area (Å²) < 4.78 is 21.9. The maximum Gasteiger partial charge on any atom is 0.150 e. The largest absolute Gasteiger partial charge is 0.393 e. The Kier molecular flexibility index (Phi) is 2.49. The third-order valence-electron chi connectivity index (χ3n) is 1.82. The summed E-state index contributed by atoms with van der Waals surface area (Å²) in [5.41, 5.74) is 5.30. The van der Waals surface area contributed by atoms with E-state index >= 15 is 0 Å². The fourth-order valence-corrected chi connectivity index (χ4v) is 3.42. The van der Waals surface area contributed by atoms with Gasteiger partial charge in [-0.05, 0) is 12.3 Å². The maximum atomic E-state index is 10.9. The van der Waals surface area contributed by atoms with Crippen LogP contribution in [-0.2, 0) is 9.84 Å². The number of sulfone groups is 1. The lowest BCUT2D eigenvalue weighted by atomic mass is 10.1. The van der Waals surface area contributed by atoms with E-state index in [-0.39, 0.29) is 11.7 Å². The van der Waals surface area contributed by atoms with Crippen molar-refractivity contribution in [2.45, 2.75) is 12.8 Å². The topological polar surface area (TPSA) is 60.2 Å². The fraction of sp³-hybridized carbons (Fsp3) is 0.833. The standard InChI is InChI=1S/C6H11NO2S2/c7-6(10)3-5-1-2-11(8,9)4-5/h5H,1-4H2,(H2,7,10). The molecule has 11 heavy (non-hydrogen) atoms. The van der Waals surface area contributed by atoms with Crippen LogP contribution in [0.1, 0.15) is 12.8 Å². The molecule has 64 valence electrons. The third kappa shape index (κ3) is 2.75. The van der Waals surface area contributed by atoms with Crippen molar-refractivity contribution in [1.82, 2.24) is 0 Å². The Labute approximate surface area is 71.9 Å². The molecular weight excluding hydrogens is 182 g/mol. The van der Waals surface area contributed by atoms with Crippen molar-refractivity contribution < 1.29 is 8.42 Å². The van der Waals surface area contributed by atoms with Gasteiger partial charge in [0.1, 0.15) is 0 Å². The fourth-order valence-electron chi connectivity index (χ4n) is 1.32. The molecule has 1 atom stereocenters. The summed E-state index contributed by atoms with van der Waals surface area (Å²) >= 11 is 4.69. The Hall–Kier alpha value is -0.160. The monoisotopic (exact) mass is 193 g/mol. The lowest BCUT2D eigenvalue weighted by Crippen LogP contribution is -2.15. The molecule has 1 unspecified atom stereocenters. The SMILES string of the molecule is NC(=S)CC1CCS(=O)(=O)C1. The van der Waals surface area contributed by atoms with Gasteiger partial charge in [0, 0.05) is 6.42 Å². The van der Waals surface area contributed by atoms with E-state index in [1.165, 1.54) is 0 Å². The van der Waals surface area contributed by atoms with Gasteiger partial charge in [0.2, 0.25) is 0 Å². The van der Waals surface area contributed by atoms with Gasteiger partial charge >= 0.3 is 0 Å². The van der Waals surface area contributed by atoms with E-state index in [1.807, 2.05) is 0 Å². The normalized spacial score (nSPS) is 28.5. The van der Waals surface area contributed by atoms with Gasteiger partial charge in [0.15, 0.2) is 9.84 Å². The molecule has 1 saturated heterocycles. The smallest absolute Gasteiger partial charge is 0.150 e. The van der Waals surface area contributed by atoms with Crippen molar-refractivity contribution in [3.63, 3.8) is 0 Å². The molecule has 1 aliphatic heterocycles. The van der Waals surface area contributed by atoms with Crippen molar-refractivity contribution in [3.05, 3.63) is 0 Å². The molecule has 0 saturated carbocycles. The molecule has 1 aliphatic rings. The van der Waals surface area contributed by atoms with Crippen molar-refractivity contribution in [2.24, 2.45) is 11.7 Å². The Balaban J connectivity index is 2.49. The van der Waals surface area contributed by atoms with Crippen molar-refractivity contribution >= 4 is 27.0 Å². The zero-order chi connectivity index (χ0) is 8.48. The molecule has 2 N–H and O–H groups in total. The number of rotatable bonds is 2. The maximum absolute atomic E-state index is 10.9. The highest BCUT2D eigenvalue weighted by Crippen LogP contribution is 2.21. The van der Waals surface area contributed by atoms with Crippen molar-refractivity contribution in [1.29, 1.82) is 0 Å². The second-order valence-corrected chi connectivity index (χ2v) is 5.69. The first-order chi connectivity index (χ1) is 4.99. The van der Waals surface area contributed by atoms with E-state index in [2.05, 4.69) is 0 Å². The molecule has 0 aromatic rings. The van der Waals surface area contributed by atoms with Gasteiger partial charge < -0.3 is 5.73 Å². The van der Waals surface area contributed by atoms with E-state index in [4.69, 9.17) is 18.0 Å². The van der Waals surface area contributed by atoms with E-state index < -0.39 is 9.84 Å². The molecule has 0 aromatic carbocycles. The second-order valence-electron chi connectivity index (χ2n) is 2.94. The lowest BCUT2D eigenvalue weighted by Gasteiger charge is -2.03. The minimum atomic E-state index is -2.76. The molecular formula is C6H11NO2S2. The Bertz CT molecular complexity index is 258. The molecule has 1 rings (SSSR count). The predicted octanol–water partition coefficient (Wildman–Crippen LogP) is 0.0973. The average Bonchev–Trinajstić information content (AvgIpc) is 2.08. The van der Waals surface area contributed by atoms with Crippen LogP contribution in [0.2, 0.25) is 0 Å². The van der Waals surface area contributed by atoms with Crippen LogP contribution in [0.15, 0.2) is 0 Å². The number of hydrogen-bond donors (Lipinski definition) is 1. The van der Waals surface area contributed by atoms with Crippen molar-refractivity contribution in [2.75, 3.05) is 11.5 Å². The second kappa shape index (κ2) is 3.06. The van der Waals surface area contributed by atoms with Crippen LogP contribution in [0.5, 0.6) is 0 Å². The zero-order valence-electron chi connectivity index (χ0n) is 6.12. The summed E-state index contributed by atoms with van der Waals surface area (Å²) in [6.07, 6.45) is 1.30. The van der Waals surface area contributed by atoms with E-state index in [0.717, 1.165) is 6.42 Å². The summed E-state index contributed by atoms with van der Waals surface area (Å²) in [7, 11) is -2.76.